The molecule has 0 saturated heterocycles. The monoisotopic (exact) mass is 289 g/mol. The highest BCUT2D eigenvalue weighted by Crippen LogP contribution is 2.26. The summed E-state index contributed by atoms with van der Waals surface area (Å²) in [5.41, 5.74) is 5.21. The molecule has 0 radical (unpaired) electrons. The molecule has 21 heavy (non-hydrogen) atoms. The maximum Gasteiger partial charge on any atom is 0.356 e. The number of rotatable bonds is 5. The van der Waals surface area contributed by atoms with E-state index in [0.29, 0.717) is 5.75 Å². The Labute approximate surface area is 119 Å². The van der Waals surface area contributed by atoms with E-state index in [1.807, 2.05) is 0 Å². The van der Waals surface area contributed by atoms with Crippen molar-refractivity contribution in [3.63, 3.8) is 0 Å². The average molecular weight is 289 g/mol. The molecule has 0 saturated carbocycles. The van der Waals surface area contributed by atoms with Crippen molar-refractivity contribution in [3.8, 4) is 17.4 Å². The summed E-state index contributed by atoms with van der Waals surface area (Å²) < 4.78 is 10.4. The quantitative estimate of drug-likeness (QED) is 0.843. The van der Waals surface area contributed by atoms with Gasteiger partial charge in [0.25, 0.3) is 0 Å². The normalized spacial score (nSPS) is 9.95. The van der Waals surface area contributed by atoms with E-state index in [2.05, 4.69) is 9.97 Å². The number of ether oxygens (including phenoxy) is 2. The van der Waals surface area contributed by atoms with Crippen LogP contribution in [0.4, 0.5) is 0 Å². The molecule has 0 aliphatic rings. The Morgan fingerprint density at radius 3 is 2.38 bits per heavy atom. The number of hydrogen-bond donors (Lipinski definition) is 2. The molecule has 2 rings (SSSR count). The standard InChI is InChI=1S/C13H11N3O5/c1-20-8-2-7(12(14)17)3-9(4-8)21-11-6-15-10(5-16-11)13(18)19/h2-6H,1H3,(H2,14,17)(H,18,19). The van der Waals surface area contributed by atoms with Crippen LogP contribution in [0.1, 0.15) is 20.8 Å². The molecular formula is C13H11N3O5. The van der Waals surface area contributed by atoms with Gasteiger partial charge in [-0.2, -0.15) is 0 Å². The molecule has 0 atom stereocenters. The lowest BCUT2D eigenvalue weighted by atomic mass is 10.2. The number of aromatic nitrogens is 2. The van der Waals surface area contributed by atoms with Gasteiger partial charge in [0, 0.05) is 11.6 Å². The predicted molar refractivity (Wildman–Crippen MR) is 70.6 cm³/mol. The van der Waals surface area contributed by atoms with Crippen molar-refractivity contribution < 1.29 is 24.2 Å². The van der Waals surface area contributed by atoms with E-state index in [9.17, 15) is 9.59 Å². The van der Waals surface area contributed by atoms with Crippen LogP contribution in [-0.4, -0.2) is 34.1 Å². The van der Waals surface area contributed by atoms with Gasteiger partial charge in [0.05, 0.1) is 19.5 Å². The first-order valence-corrected chi connectivity index (χ1v) is 5.71. The number of benzene rings is 1. The third-order valence-corrected chi connectivity index (χ3v) is 2.47. The Bertz CT molecular complexity index is 685. The predicted octanol–water partition coefficient (Wildman–Crippen LogP) is 1.07. The van der Waals surface area contributed by atoms with Crippen LogP contribution < -0.4 is 15.2 Å². The molecule has 0 fully saturated rings. The molecule has 0 bridgehead atoms. The molecule has 1 heterocycles. The molecule has 0 unspecified atom stereocenters. The summed E-state index contributed by atoms with van der Waals surface area (Å²) in [6, 6.07) is 4.41. The first kappa shape index (κ1) is 14.3. The molecule has 0 spiro atoms. The summed E-state index contributed by atoms with van der Waals surface area (Å²) in [5, 5.41) is 8.72. The van der Waals surface area contributed by atoms with Gasteiger partial charge in [0.15, 0.2) is 5.69 Å². The van der Waals surface area contributed by atoms with Gasteiger partial charge < -0.3 is 20.3 Å². The van der Waals surface area contributed by atoms with Crippen molar-refractivity contribution in [1.29, 1.82) is 0 Å². The number of carboxylic acids is 1. The summed E-state index contributed by atoms with van der Waals surface area (Å²) in [6.45, 7) is 0. The number of hydrogen-bond acceptors (Lipinski definition) is 6. The van der Waals surface area contributed by atoms with Crippen molar-refractivity contribution >= 4 is 11.9 Å². The molecule has 1 amide bonds. The van der Waals surface area contributed by atoms with Crippen LogP contribution in [0.2, 0.25) is 0 Å². The highest BCUT2D eigenvalue weighted by molar-refractivity contribution is 5.93. The van der Waals surface area contributed by atoms with Crippen LogP contribution >= 0.6 is 0 Å². The van der Waals surface area contributed by atoms with Gasteiger partial charge in [-0.3, -0.25) is 4.79 Å². The minimum absolute atomic E-state index is 0.0728. The van der Waals surface area contributed by atoms with Gasteiger partial charge in [0.1, 0.15) is 11.5 Å². The minimum atomic E-state index is -1.19. The Kier molecular flexibility index (Phi) is 3.98. The Morgan fingerprint density at radius 1 is 1.14 bits per heavy atom. The molecule has 1 aromatic heterocycles. The first-order chi connectivity index (χ1) is 9.99. The number of primary amides is 1. The maximum absolute atomic E-state index is 11.2. The molecule has 0 aliphatic heterocycles. The third-order valence-electron chi connectivity index (χ3n) is 2.47. The average Bonchev–Trinajstić information content (AvgIpc) is 2.47. The van der Waals surface area contributed by atoms with Crippen molar-refractivity contribution in [2.75, 3.05) is 7.11 Å². The number of nitrogens with two attached hydrogens (primary N) is 1. The molecule has 0 aliphatic carbocycles. The van der Waals surface area contributed by atoms with Gasteiger partial charge >= 0.3 is 5.97 Å². The van der Waals surface area contributed by atoms with Gasteiger partial charge in [-0.15, -0.1) is 0 Å². The van der Waals surface area contributed by atoms with Gasteiger partial charge in [-0.25, -0.2) is 14.8 Å². The van der Waals surface area contributed by atoms with Crippen molar-refractivity contribution in [2.45, 2.75) is 0 Å². The summed E-state index contributed by atoms with van der Waals surface area (Å²) >= 11 is 0. The van der Waals surface area contributed by atoms with Crippen molar-refractivity contribution in [3.05, 3.63) is 41.9 Å². The summed E-state index contributed by atoms with van der Waals surface area (Å²) in [4.78, 5) is 29.3. The zero-order chi connectivity index (χ0) is 15.4. The number of carbonyl (C=O) groups excluding carboxylic acids is 1. The van der Waals surface area contributed by atoms with E-state index in [1.54, 1.807) is 0 Å². The number of carbonyl (C=O) groups is 2. The lowest BCUT2D eigenvalue weighted by molar-refractivity contribution is 0.0689. The minimum Gasteiger partial charge on any atom is -0.497 e. The largest absolute Gasteiger partial charge is 0.497 e. The van der Waals surface area contributed by atoms with E-state index in [4.69, 9.17) is 20.3 Å². The van der Waals surface area contributed by atoms with E-state index >= 15 is 0 Å². The van der Waals surface area contributed by atoms with E-state index in [1.165, 1.54) is 25.3 Å². The number of amides is 1. The van der Waals surface area contributed by atoms with E-state index in [-0.39, 0.29) is 22.9 Å². The van der Waals surface area contributed by atoms with Crippen LogP contribution in [0.3, 0.4) is 0 Å². The molecule has 2 aromatic rings. The molecule has 8 nitrogen and oxygen atoms in total. The Hall–Kier alpha value is -3.16. The lowest BCUT2D eigenvalue weighted by Gasteiger charge is -2.08. The van der Waals surface area contributed by atoms with E-state index in [0.717, 1.165) is 12.4 Å². The number of methoxy groups -OCH3 is 1. The van der Waals surface area contributed by atoms with Crippen LogP contribution in [0, 0.1) is 0 Å². The smallest absolute Gasteiger partial charge is 0.356 e. The van der Waals surface area contributed by atoms with Gasteiger partial charge in [-0.1, -0.05) is 0 Å². The molecular weight excluding hydrogens is 278 g/mol. The summed E-state index contributed by atoms with van der Waals surface area (Å²) in [6.07, 6.45) is 2.22. The maximum atomic E-state index is 11.2. The van der Waals surface area contributed by atoms with Crippen LogP contribution in [0.15, 0.2) is 30.6 Å². The second-order valence-electron chi connectivity index (χ2n) is 3.91. The fourth-order valence-corrected chi connectivity index (χ4v) is 1.49. The Morgan fingerprint density at radius 2 is 1.86 bits per heavy atom. The number of carboxylic acid groups (broad SMARTS) is 1. The topological polar surface area (TPSA) is 125 Å². The zero-order valence-electron chi connectivity index (χ0n) is 10.9. The summed E-state index contributed by atoms with van der Waals surface area (Å²) in [5.74, 6) is -1.10. The molecule has 108 valence electrons. The van der Waals surface area contributed by atoms with Crippen LogP contribution in [-0.2, 0) is 0 Å². The second kappa shape index (κ2) is 5.87. The highest BCUT2D eigenvalue weighted by Gasteiger charge is 2.10. The zero-order valence-corrected chi connectivity index (χ0v) is 10.9. The third kappa shape index (κ3) is 3.44. The lowest BCUT2D eigenvalue weighted by Crippen LogP contribution is -2.11. The number of nitrogens with zero attached hydrogens (tertiary/aromatic N) is 2. The molecule has 3 N–H and O–H groups in total. The Balaban J connectivity index is 2.28. The molecule has 8 heteroatoms. The second-order valence-corrected chi connectivity index (χ2v) is 3.91. The van der Waals surface area contributed by atoms with Gasteiger partial charge in [-0.05, 0) is 12.1 Å². The fourth-order valence-electron chi connectivity index (χ4n) is 1.49. The summed E-state index contributed by atoms with van der Waals surface area (Å²) in [7, 11) is 1.44. The highest BCUT2D eigenvalue weighted by atomic mass is 16.5. The molecule has 1 aromatic carbocycles. The number of aromatic carboxylic acids is 1. The van der Waals surface area contributed by atoms with Crippen LogP contribution in [0.5, 0.6) is 17.4 Å². The van der Waals surface area contributed by atoms with Crippen molar-refractivity contribution in [1.82, 2.24) is 9.97 Å². The fraction of sp³-hybridized carbons (Fsp3) is 0.0769. The van der Waals surface area contributed by atoms with Gasteiger partial charge in [0.2, 0.25) is 11.8 Å². The SMILES string of the molecule is COc1cc(Oc2cnc(C(=O)O)cn2)cc(C(N)=O)c1. The first-order valence-electron chi connectivity index (χ1n) is 5.71. The van der Waals surface area contributed by atoms with E-state index < -0.39 is 11.9 Å². The van der Waals surface area contributed by atoms with Crippen LogP contribution in [0.25, 0.3) is 0 Å². The van der Waals surface area contributed by atoms with Crippen molar-refractivity contribution in [2.24, 2.45) is 5.73 Å².